The zero-order valence-electron chi connectivity index (χ0n) is 29.8. The molecule has 3 aromatic heterocycles. The van der Waals surface area contributed by atoms with E-state index in [1.54, 1.807) is 0 Å². The van der Waals surface area contributed by atoms with Crippen LogP contribution in [-0.4, -0.2) is 9.13 Å². The Bertz CT molecular complexity index is 3470. The average molecular weight is 701 g/mol. The van der Waals surface area contributed by atoms with Crippen LogP contribution in [0.1, 0.15) is 0 Å². The highest BCUT2D eigenvalue weighted by molar-refractivity contribution is 6.18. The molecule has 0 saturated carbocycles. The monoisotopic (exact) mass is 700 g/mol. The van der Waals surface area contributed by atoms with E-state index in [2.05, 4.69) is 191 Å². The van der Waals surface area contributed by atoms with Crippen LogP contribution in [0, 0.1) is 0 Å². The average Bonchev–Trinajstić information content (AvgIpc) is 3.90. The number of rotatable bonds is 4. The topological polar surface area (TPSA) is 23.0 Å². The van der Waals surface area contributed by atoms with Crippen molar-refractivity contribution in [2.24, 2.45) is 0 Å². The van der Waals surface area contributed by atoms with Gasteiger partial charge in [0.05, 0.1) is 22.1 Å². The Morgan fingerprint density at radius 1 is 0.309 bits per heavy atom. The highest BCUT2D eigenvalue weighted by Crippen LogP contribution is 2.42. The lowest BCUT2D eigenvalue weighted by molar-refractivity contribution is 0.669. The van der Waals surface area contributed by atoms with Crippen LogP contribution in [0.5, 0.6) is 0 Å². The molecule has 0 fully saturated rings. The Kier molecular flexibility index (Phi) is 6.34. The summed E-state index contributed by atoms with van der Waals surface area (Å²) in [6.45, 7) is 0. The molecule has 12 rings (SSSR count). The summed E-state index contributed by atoms with van der Waals surface area (Å²) in [6.07, 6.45) is 0. The van der Waals surface area contributed by atoms with Gasteiger partial charge in [-0.1, -0.05) is 115 Å². The number of para-hydroxylation sites is 2. The first-order valence-corrected chi connectivity index (χ1v) is 18.8. The van der Waals surface area contributed by atoms with Gasteiger partial charge in [0, 0.05) is 43.7 Å². The molecule has 3 heterocycles. The molecule has 0 atom stereocenters. The molecule has 0 bridgehead atoms. The third kappa shape index (κ3) is 4.50. The summed E-state index contributed by atoms with van der Waals surface area (Å²) >= 11 is 0. The lowest BCUT2D eigenvalue weighted by Crippen LogP contribution is -1.94. The zero-order chi connectivity index (χ0) is 36.0. The molecule has 0 unspecified atom stereocenters. The summed E-state index contributed by atoms with van der Waals surface area (Å²) in [5.41, 5.74) is 13.6. The maximum atomic E-state index is 6.24. The Hall–Kier alpha value is -7.36. The minimum Gasteiger partial charge on any atom is -0.456 e. The minimum absolute atomic E-state index is 0.898. The largest absolute Gasteiger partial charge is 0.456 e. The van der Waals surface area contributed by atoms with Gasteiger partial charge in [-0.2, -0.15) is 0 Å². The SMILES string of the molecule is c1ccc(-c2cccc3c2c2cc(-c4ccc5c(c4)c4cc6ccccc6cc4n5-c4ccccc4)ccc2n3-c2ccc3oc4ccccc4c3c2)cc1. The second-order valence-electron chi connectivity index (χ2n) is 14.5. The molecule has 9 aromatic carbocycles. The first-order chi connectivity index (χ1) is 27.3. The summed E-state index contributed by atoms with van der Waals surface area (Å²) in [6, 6.07) is 70.4. The van der Waals surface area contributed by atoms with Gasteiger partial charge in [-0.15, -0.1) is 0 Å². The fourth-order valence-electron chi connectivity index (χ4n) is 8.98. The number of aromatic nitrogens is 2. The first kappa shape index (κ1) is 30.1. The maximum absolute atomic E-state index is 6.24. The smallest absolute Gasteiger partial charge is 0.135 e. The van der Waals surface area contributed by atoms with Crippen molar-refractivity contribution in [3.8, 4) is 33.6 Å². The Morgan fingerprint density at radius 2 is 0.945 bits per heavy atom. The van der Waals surface area contributed by atoms with E-state index in [0.29, 0.717) is 0 Å². The maximum Gasteiger partial charge on any atom is 0.135 e. The van der Waals surface area contributed by atoms with E-state index in [1.807, 2.05) is 12.1 Å². The van der Waals surface area contributed by atoms with Gasteiger partial charge in [-0.05, 0) is 112 Å². The minimum atomic E-state index is 0.898. The fraction of sp³-hybridized carbons (Fsp3) is 0. The summed E-state index contributed by atoms with van der Waals surface area (Å²) < 4.78 is 11.1. The number of nitrogens with zero attached hydrogens (tertiary/aromatic N) is 2. The summed E-state index contributed by atoms with van der Waals surface area (Å²) in [5, 5.41) is 9.71. The molecule has 3 nitrogen and oxygen atoms in total. The van der Waals surface area contributed by atoms with Crippen molar-refractivity contribution >= 4 is 76.3 Å². The van der Waals surface area contributed by atoms with Crippen LogP contribution in [0.15, 0.2) is 199 Å². The second kappa shape index (κ2) is 11.6. The Balaban J connectivity index is 1.12. The highest BCUT2D eigenvalue weighted by Gasteiger charge is 2.20. The van der Waals surface area contributed by atoms with Gasteiger partial charge < -0.3 is 13.6 Å². The van der Waals surface area contributed by atoms with Crippen molar-refractivity contribution in [2.75, 3.05) is 0 Å². The van der Waals surface area contributed by atoms with Gasteiger partial charge in [0.2, 0.25) is 0 Å². The molecular weight excluding hydrogens is 669 g/mol. The molecule has 0 aliphatic rings. The molecule has 0 amide bonds. The molecule has 0 radical (unpaired) electrons. The van der Waals surface area contributed by atoms with Gasteiger partial charge in [-0.3, -0.25) is 0 Å². The standard InChI is InChI=1S/C52H32N2O/c1-3-12-33(13-4-1)40-19-11-20-48-52(40)45-30-37(23-26-47(45)54(48)39-24-27-51-44(32-39)41-18-9-10-21-50(41)55-51)36-22-25-46-42(29-36)43-28-34-14-7-8-15-35(34)31-49(43)53(46)38-16-5-2-6-17-38/h1-32H. The summed E-state index contributed by atoms with van der Waals surface area (Å²) in [7, 11) is 0. The van der Waals surface area contributed by atoms with Crippen LogP contribution in [0.3, 0.4) is 0 Å². The first-order valence-electron chi connectivity index (χ1n) is 18.8. The predicted molar refractivity (Wildman–Crippen MR) is 231 cm³/mol. The number of benzene rings is 9. The lowest BCUT2D eigenvalue weighted by atomic mass is 9.97. The quantitative estimate of drug-likeness (QED) is 0.179. The summed E-state index contributed by atoms with van der Waals surface area (Å²) in [4.78, 5) is 0. The highest BCUT2D eigenvalue weighted by atomic mass is 16.3. The summed E-state index contributed by atoms with van der Waals surface area (Å²) in [5.74, 6) is 0. The van der Waals surface area contributed by atoms with Gasteiger partial charge in [0.25, 0.3) is 0 Å². The predicted octanol–water partition coefficient (Wildman–Crippen LogP) is 14.3. The number of furan rings is 1. The van der Waals surface area contributed by atoms with Crippen LogP contribution in [0.4, 0.5) is 0 Å². The number of hydrogen-bond acceptors (Lipinski definition) is 1. The van der Waals surface area contributed by atoms with Crippen LogP contribution in [-0.2, 0) is 0 Å². The molecule has 0 saturated heterocycles. The Morgan fingerprint density at radius 3 is 1.76 bits per heavy atom. The van der Waals surface area contributed by atoms with E-state index in [0.717, 1.165) is 33.3 Å². The fourth-order valence-corrected chi connectivity index (χ4v) is 8.98. The molecule has 256 valence electrons. The Labute approximate surface area is 316 Å². The van der Waals surface area contributed by atoms with Crippen molar-refractivity contribution in [1.29, 1.82) is 0 Å². The van der Waals surface area contributed by atoms with Crippen molar-refractivity contribution in [2.45, 2.75) is 0 Å². The molecule has 0 aliphatic carbocycles. The van der Waals surface area contributed by atoms with Gasteiger partial charge in [0.1, 0.15) is 11.2 Å². The third-order valence-corrected chi connectivity index (χ3v) is 11.5. The van der Waals surface area contributed by atoms with Crippen molar-refractivity contribution in [3.05, 3.63) is 194 Å². The van der Waals surface area contributed by atoms with Crippen molar-refractivity contribution in [3.63, 3.8) is 0 Å². The molecule has 0 spiro atoms. The zero-order valence-corrected chi connectivity index (χ0v) is 29.8. The third-order valence-electron chi connectivity index (χ3n) is 11.5. The van der Waals surface area contributed by atoms with Crippen LogP contribution in [0.2, 0.25) is 0 Å². The van der Waals surface area contributed by atoms with Crippen LogP contribution >= 0.6 is 0 Å². The second-order valence-corrected chi connectivity index (χ2v) is 14.5. The lowest BCUT2D eigenvalue weighted by Gasteiger charge is -2.10. The van der Waals surface area contributed by atoms with E-state index in [1.165, 1.54) is 76.6 Å². The van der Waals surface area contributed by atoms with E-state index < -0.39 is 0 Å². The van der Waals surface area contributed by atoms with Gasteiger partial charge in [0.15, 0.2) is 0 Å². The van der Waals surface area contributed by atoms with Gasteiger partial charge >= 0.3 is 0 Å². The molecule has 0 aliphatic heterocycles. The molecule has 55 heavy (non-hydrogen) atoms. The molecular formula is C52H32N2O. The van der Waals surface area contributed by atoms with Gasteiger partial charge in [-0.25, -0.2) is 0 Å². The van der Waals surface area contributed by atoms with E-state index >= 15 is 0 Å². The normalized spacial score (nSPS) is 12.0. The number of hydrogen-bond donors (Lipinski definition) is 0. The van der Waals surface area contributed by atoms with E-state index in [-0.39, 0.29) is 0 Å². The van der Waals surface area contributed by atoms with Crippen LogP contribution < -0.4 is 0 Å². The van der Waals surface area contributed by atoms with E-state index in [4.69, 9.17) is 4.42 Å². The van der Waals surface area contributed by atoms with Crippen molar-refractivity contribution < 1.29 is 4.42 Å². The molecule has 12 aromatic rings. The van der Waals surface area contributed by atoms with Crippen LogP contribution in [0.25, 0.3) is 110 Å². The number of fused-ring (bicyclic) bond motifs is 10. The van der Waals surface area contributed by atoms with Crippen molar-refractivity contribution in [1.82, 2.24) is 9.13 Å². The van der Waals surface area contributed by atoms with E-state index in [9.17, 15) is 0 Å². The molecule has 3 heteroatoms. The molecule has 0 N–H and O–H groups in total.